The number of esters is 1. The van der Waals surface area contributed by atoms with Crippen molar-refractivity contribution in [3.63, 3.8) is 0 Å². The Morgan fingerprint density at radius 2 is 2.15 bits per heavy atom. The molecule has 0 saturated carbocycles. The van der Waals surface area contributed by atoms with E-state index in [1.165, 1.54) is 6.07 Å². The van der Waals surface area contributed by atoms with Gasteiger partial charge in [0, 0.05) is 12.0 Å². The largest absolute Gasteiger partial charge is 0.479 e. The molecule has 0 aliphatic rings. The van der Waals surface area contributed by atoms with Crippen LogP contribution in [0.4, 0.5) is 0 Å². The van der Waals surface area contributed by atoms with Crippen LogP contribution in [0.3, 0.4) is 0 Å². The number of aliphatic carboxylic acids is 1. The highest BCUT2D eigenvalue weighted by atomic mass is 16.5. The smallest absolute Gasteiger partial charge is 0.337 e. The predicted octanol–water partition coefficient (Wildman–Crippen LogP) is 1.17. The van der Waals surface area contributed by atoms with Crippen molar-refractivity contribution in [2.24, 2.45) is 0 Å². The highest BCUT2D eigenvalue weighted by molar-refractivity contribution is 5.75. The molecule has 6 nitrogen and oxygen atoms in total. The van der Waals surface area contributed by atoms with E-state index in [0.29, 0.717) is 5.56 Å². The average molecular weight is 277 g/mol. The first-order chi connectivity index (χ1) is 9.51. The molecule has 106 valence electrons. The summed E-state index contributed by atoms with van der Waals surface area (Å²) >= 11 is 0. The maximum absolute atomic E-state index is 11.3. The third-order valence-corrected chi connectivity index (χ3v) is 2.73. The Labute approximate surface area is 116 Å². The zero-order chi connectivity index (χ0) is 15.1. The lowest BCUT2D eigenvalue weighted by molar-refractivity contribution is -0.147. The molecule has 0 saturated heterocycles. The van der Waals surface area contributed by atoms with Crippen LogP contribution in [0.25, 0.3) is 0 Å². The van der Waals surface area contributed by atoms with Gasteiger partial charge in [0.25, 0.3) is 0 Å². The summed E-state index contributed by atoms with van der Waals surface area (Å²) in [6.07, 6.45) is -1.41. The van der Waals surface area contributed by atoms with Crippen LogP contribution < -0.4 is 0 Å². The lowest BCUT2D eigenvalue weighted by Crippen LogP contribution is -2.13. The van der Waals surface area contributed by atoms with Crippen LogP contribution in [0.5, 0.6) is 0 Å². The van der Waals surface area contributed by atoms with Gasteiger partial charge in [-0.05, 0) is 18.9 Å². The Morgan fingerprint density at radius 1 is 1.45 bits per heavy atom. The van der Waals surface area contributed by atoms with Gasteiger partial charge in [0.2, 0.25) is 0 Å². The van der Waals surface area contributed by atoms with E-state index in [4.69, 9.17) is 15.1 Å². The highest BCUT2D eigenvalue weighted by Crippen LogP contribution is 2.22. The van der Waals surface area contributed by atoms with E-state index < -0.39 is 12.1 Å². The number of hydrogen-bond donors (Lipinski definition) is 2. The number of carboxylic acids is 1. The summed E-state index contributed by atoms with van der Waals surface area (Å²) in [7, 11) is 0. The van der Waals surface area contributed by atoms with Crippen LogP contribution in [0.2, 0.25) is 0 Å². The normalized spacial score (nSPS) is 11.4. The molecule has 0 heterocycles. The van der Waals surface area contributed by atoms with Gasteiger partial charge in [-0.3, -0.25) is 4.79 Å². The zero-order valence-electron chi connectivity index (χ0n) is 11.0. The van der Waals surface area contributed by atoms with Crippen LogP contribution in [-0.4, -0.2) is 28.8 Å². The molecule has 1 aromatic rings. The minimum absolute atomic E-state index is 0.0290. The number of carbonyl (C=O) groups excluding carboxylic acids is 1. The topological polar surface area (TPSA) is 108 Å². The molecule has 1 aromatic carbocycles. The Kier molecular flexibility index (Phi) is 5.69. The number of carbonyl (C=O) groups is 2. The van der Waals surface area contributed by atoms with E-state index in [1.807, 2.05) is 6.07 Å². The van der Waals surface area contributed by atoms with Crippen molar-refractivity contribution < 1.29 is 24.5 Å². The lowest BCUT2D eigenvalue weighted by atomic mass is 9.95. The van der Waals surface area contributed by atoms with Crippen molar-refractivity contribution in [3.8, 4) is 6.07 Å². The van der Waals surface area contributed by atoms with Crippen LogP contribution in [0, 0.1) is 11.3 Å². The second-order valence-electron chi connectivity index (χ2n) is 4.04. The van der Waals surface area contributed by atoms with E-state index in [1.54, 1.807) is 19.1 Å². The van der Waals surface area contributed by atoms with Crippen LogP contribution >= 0.6 is 0 Å². The lowest BCUT2D eigenvalue weighted by Gasteiger charge is -2.11. The zero-order valence-corrected chi connectivity index (χ0v) is 11.0. The highest BCUT2D eigenvalue weighted by Gasteiger charge is 2.21. The summed E-state index contributed by atoms with van der Waals surface area (Å²) in [6.45, 7) is 1.98. The van der Waals surface area contributed by atoms with Gasteiger partial charge in [0.15, 0.2) is 6.10 Å². The molecule has 2 N–H and O–H groups in total. The molecule has 20 heavy (non-hydrogen) atoms. The number of rotatable bonds is 6. The second-order valence-corrected chi connectivity index (χ2v) is 4.04. The molecule has 1 rings (SSSR count). The SMILES string of the molecule is CCOC(=O)CCc1cccc(C(O)C(=O)O)c1C#N. The maximum atomic E-state index is 11.3. The quantitative estimate of drug-likeness (QED) is 0.756. The summed E-state index contributed by atoms with van der Waals surface area (Å²) < 4.78 is 4.79. The first-order valence-corrected chi connectivity index (χ1v) is 6.09. The standard InChI is InChI=1S/C14H15NO5/c1-2-20-12(16)7-6-9-4-3-5-10(11(9)8-15)13(17)14(18)19/h3-5,13,17H,2,6-7H2,1H3,(H,18,19). The van der Waals surface area contributed by atoms with Crippen LogP contribution in [0.15, 0.2) is 18.2 Å². The van der Waals surface area contributed by atoms with Gasteiger partial charge >= 0.3 is 11.9 Å². The fraction of sp³-hybridized carbons (Fsp3) is 0.357. The molecule has 0 amide bonds. The molecule has 0 fully saturated rings. The molecule has 0 aliphatic heterocycles. The second kappa shape index (κ2) is 7.26. The Hall–Kier alpha value is -2.39. The number of benzene rings is 1. The number of aryl methyl sites for hydroxylation is 1. The number of hydrogen-bond acceptors (Lipinski definition) is 5. The number of nitriles is 1. The summed E-state index contributed by atoms with van der Waals surface area (Å²) in [6, 6.07) is 6.43. The molecule has 0 bridgehead atoms. The number of ether oxygens (including phenoxy) is 1. The number of carboxylic acid groups (broad SMARTS) is 1. The molecule has 1 atom stereocenters. The first kappa shape index (κ1) is 15.7. The average Bonchev–Trinajstić information content (AvgIpc) is 2.43. The molecule has 6 heteroatoms. The molecular weight excluding hydrogens is 262 g/mol. The van der Waals surface area contributed by atoms with Gasteiger partial charge in [-0.1, -0.05) is 18.2 Å². The molecule has 0 aromatic heterocycles. The molecular formula is C14H15NO5. The summed E-state index contributed by atoms with van der Waals surface area (Å²) in [5.41, 5.74) is 0.631. The molecule has 0 spiro atoms. The number of aliphatic hydroxyl groups is 1. The van der Waals surface area contributed by atoms with Crippen LogP contribution in [0.1, 0.15) is 36.1 Å². The fourth-order valence-corrected chi connectivity index (χ4v) is 1.80. The van der Waals surface area contributed by atoms with E-state index in [9.17, 15) is 14.7 Å². The minimum atomic E-state index is -1.76. The van der Waals surface area contributed by atoms with Crippen molar-refractivity contribution >= 4 is 11.9 Å². The van der Waals surface area contributed by atoms with Crippen LogP contribution in [-0.2, 0) is 20.7 Å². The van der Waals surface area contributed by atoms with Crippen molar-refractivity contribution in [2.45, 2.75) is 25.9 Å². The van der Waals surface area contributed by atoms with Gasteiger partial charge < -0.3 is 14.9 Å². The van der Waals surface area contributed by atoms with Gasteiger partial charge in [-0.2, -0.15) is 5.26 Å². The van der Waals surface area contributed by atoms with E-state index in [-0.39, 0.29) is 36.5 Å². The number of aliphatic hydroxyl groups excluding tert-OH is 1. The Morgan fingerprint density at radius 3 is 2.70 bits per heavy atom. The van der Waals surface area contributed by atoms with E-state index >= 15 is 0 Å². The van der Waals surface area contributed by atoms with E-state index in [2.05, 4.69) is 0 Å². The number of nitrogens with zero attached hydrogens (tertiary/aromatic N) is 1. The van der Waals surface area contributed by atoms with Gasteiger partial charge in [-0.25, -0.2) is 4.79 Å². The first-order valence-electron chi connectivity index (χ1n) is 6.09. The van der Waals surface area contributed by atoms with Crippen molar-refractivity contribution in [3.05, 3.63) is 34.9 Å². The third-order valence-electron chi connectivity index (χ3n) is 2.73. The van der Waals surface area contributed by atoms with Gasteiger partial charge in [0.05, 0.1) is 18.2 Å². The Bertz CT molecular complexity index is 547. The monoisotopic (exact) mass is 277 g/mol. The third kappa shape index (κ3) is 3.80. The fourth-order valence-electron chi connectivity index (χ4n) is 1.80. The summed E-state index contributed by atoms with van der Waals surface area (Å²) in [5.74, 6) is -1.82. The maximum Gasteiger partial charge on any atom is 0.337 e. The molecule has 0 radical (unpaired) electrons. The predicted molar refractivity (Wildman–Crippen MR) is 68.7 cm³/mol. The summed E-state index contributed by atoms with van der Waals surface area (Å²) in [4.78, 5) is 22.1. The van der Waals surface area contributed by atoms with E-state index in [0.717, 1.165) is 0 Å². The molecule has 0 aliphatic carbocycles. The minimum Gasteiger partial charge on any atom is -0.479 e. The van der Waals surface area contributed by atoms with Crippen molar-refractivity contribution in [1.29, 1.82) is 5.26 Å². The van der Waals surface area contributed by atoms with Gasteiger partial charge in [-0.15, -0.1) is 0 Å². The van der Waals surface area contributed by atoms with Gasteiger partial charge in [0.1, 0.15) is 0 Å². The summed E-state index contributed by atoms with van der Waals surface area (Å²) in [5, 5.41) is 27.5. The Balaban J connectivity index is 2.98. The molecule has 1 unspecified atom stereocenters. The van der Waals surface area contributed by atoms with Crippen molar-refractivity contribution in [2.75, 3.05) is 6.61 Å². The van der Waals surface area contributed by atoms with Crippen molar-refractivity contribution in [1.82, 2.24) is 0 Å².